The number of hydrogen-bond donors (Lipinski definition) is 0. The highest BCUT2D eigenvalue weighted by Gasteiger charge is 2.18. The molecule has 24 heavy (non-hydrogen) atoms. The van der Waals surface area contributed by atoms with Crippen molar-refractivity contribution in [1.29, 1.82) is 0 Å². The average Bonchev–Trinajstić information content (AvgIpc) is 2.95. The molecule has 6 nitrogen and oxygen atoms in total. The number of pyridine rings is 1. The van der Waals surface area contributed by atoms with Crippen LogP contribution < -0.4 is 0 Å². The summed E-state index contributed by atoms with van der Waals surface area (Å²) in [6.45, 7) is 8.57. The summed E-state index contributed by atoms with van der Waals surface area (Å²) in [5.41, 5.74) is 1.83. The number of hydrogen-bond acceptors (Lipinski definition) is 6. The van der Waals surface area contributed by atoms with Gasteiger partial charge in [0, 0.05) is 29.9 Å². The summed E-state index contributed by atoms with van der Waals surface area (Å²) in [4.78, 5) is 11.4. The first kappa shape index (κ1) is 21.1. The Morgan fingerprint density at radius 2 is 2.00 bits per heavy atom. The molecule has 0 radical (unpaired) electrons. The SMILES string of the molecule is CC1CC(c2ccc(Br)cn2)=NO1.CCN(CC)CCS(C)(=O)=O. The standard InChI is InChI=1S/C9H9BrN2O.C7H17NO2S/c1-6-4-9(12-13-6)8-3-2-7(10)5-11-8;1-4-8(5-2)6-7-11(3,9)10/h2-3,5-6H,4H2,1H3;4-7H2,1-3H3. The van der Waals surface area contributed by atoms with E-state index in [0.29, 0.717) is 6.54 Å². The first-order valence-electron chi connectivity index (χ1n) is 7.99. The van der Waals surface area contributed by atoms with E-state index in [9.17, 15) is 8.42 Å². The molecule has 0 aromatic carbocycles. The molecule has 136 valence electrons. The lowest BCUT2D eigenvalue weighted by molar-refractivity contribution is 0.0995. The van der Waals surface area contributed by atoms with E-state index in [1.165, 1.54) is 6.26 Å². The van der Waals surface area contributed by atoms with E-state index in [0.717, 1.165) is 35.4 Å². The van der Waals surface area contributed by atoms with Crippen molar-refractivity contribution in [3.63, 3.8) is 0 Å². The zero-order valence-electron chi connectivity index (χ0n) is 14.7. The number of oxime groups is 1. The molecule has 1 aliphatic rings. The maximum absolute atomic E-state index is 10.7. The summed E-state index contributed by atoms with van der Waals surface area (Å²) >= 11 is 3.33. The topological polar surface area (TPSA) is 71.9 Å². The van der Waals surface area contributed by atoms with Gasteiger partial charge >= 0.3 is 0 Å². The first-order valence-corrected chi connectivity index (χ1v) is 10.8. The predicted octanol–water partition coefficient (Wildman–Crippen LogP) is 2.73. The average molecular weight is 420 g/mol. The van der Waals surface area contributed by atoms with Crippen molar-refractivity contribution in [2.75, 3.05) is 31.6 Å². The Labute approximate surface area is 153 Å². The van der Waals surface area contributed by atoms with E-state index in [-0.39, 0.29) is 11.9 Å². The largest absolute Gasteiger partial charge is 0.392 e. The van der Waals surface area contributed by atoms with Gasteiger partial charge in [0.15, 0.2) is 0 Å². The molecule has 2 heterocycles. The van der Waals surface area contributed by atoms with Crippen molar-refractivity contribution in [2.24, 2.45) is 5.16 Å². The van der Waals surface area contributed by atoms with E-state index in [2.05, 4.69) is 31.0 Å². The zero-order valence-corrected chi connectivity index (χ0v) is 17.1. The molecule has 0 fully saturated rings. The molecule has 0 amide bonds. The van der Waals surface area contributed by atoms with E-state index < -0.39 is 9.84 Å². The molecule has 1 aliphatic heterocycles. The molecule has 0 bridgehead atoms. The Kier molecular flexibility index (Phi) is 8.86. The molecule has 8 heteroatoms. The highest BCUT2D eigenvalue weighted by atomic mass is 79.9. The smallest absolute Gasteiger partial charge is 0.148 e. The van der Waals surface area contributed by atoms with Crippen LogP contribution in [-0.2, 0) is 14.7 Å². The Balaban J connectivity index is 0.000000245. The molecule has 0 saturated heterocycles. The normalized spacial score (nSPS) is 17.1. The minimum absolute atomic E-state index is 0.181. The molecular weight excluding hydrogens is 394 g/mol. The van der Waals surface area contributed by atoms with Crippen molar-refractivity contribution in [2.45, 2.75) is 33.3 Å². The van der Waals surface area contributed by atoms with E-state index in [4.69, 9.17) is 4.84 Å². The van der Waals surface area contributed by atoms with Crippen molar-refractivity contribution in [3.05, 3.63) is 28.5 Å². The molecule has 0 saturated carbocycles. The second-order valence-corrected chi connectivity index (χ2v) is 8.85. The second-order valence-electron chi connectivity index (χ2n) is 5.68. The van der Waals surface area contributed by atoms with Crippen LogP contribution in [0.2, 0.25) is 0 Å². The maximum Gasteiger partial charge on any atom is 0.148 e. The quantitative estimate of drug-likeness (QED) is 0.708. The van der Waals surface area contributed by atoms with Gasteiger partial charge in [0.2, 0.25) is 0 Å². The van der Waals surface area contributed by atoms with Crippen LogP contribution in [0.25, 0.3) is 0 Å². The minimum Gasteiger partial charge on any atom is -0.392 e. The molecular formula is C16H26BrN3O3S. The van der Waals surface area contributed by atoms with Gasteiger partial charge in [-0.3, -0.25) is 4.98 Å². The molecule has 1 atom stereocenters. The Morgan fingerprint density at radius 3 is 2.42 bits per heavy atom. The van der Waals surface area contributed by atoms with Gasteiger partial charge in [0.05, 0.1) is 11.4 Å². The van der Waals surface area contributed by atoms with E-state index in [1.54, 1.807) is 6.20 Å². The van der Waals surface area contributed by atoms with Crippen molar-refractivity contribution < 1.29 is 13.3 Å². The predicted molar refractivity (Wildman–Crippen MR) is 101 cm³/mol. The molecule has 1 unspecified atom stereocenters. The van der Waals surface area contributed by atoms with Crippen LogP contribution in [0.3, 0.4) is 0 Å². The maximum atomic E-state index is 10.7. The summed E-state index contributed by atoms with van der Waals surface area (Å²) < 4.78 is 22.5. The van der Waals surface area contributed by atoms with Crippen LogP contribution >= 0.6 is 15.9 Å². The molecule has 2 rings (SSSR count). The Morgan fingerprint density at radius 1 is 1.33 bits per heavy atom. The van der Waals surface area contributed by atoms with Crippen LogP contribution in [0.1, 0.15) is 32.9 Å². The molecule has 1 aromatic rings. The van der Waals surface area contributed by atoms with Gasteiger partial charge in [-0.05, 0) is 48.1 Å². The van der Waals surface area contributed by atoms with Crippen LogP contribution in [0.4, 0.5) is 0 Å². The third-order valence-corrected chi connectivity index (χ3v) is 4.91. The van der Waals surface area contributed by atoms with Gasteiger partial charge in [-0.1, -0.05) is 19.0 Å². The summed E-state index contributed by atoms with van der Waals surface area (Å²) in [7, 11) is -2.78. The Bertz CT molecular complexity index is 628. The van der Waals surface area contributed by atoms with Crippen molar-refractivity contribution in [1.82, 2.24) is 9.88 Å². The van der Waals surface area contributed by atoms with Gasteiger partial charge < -0.3 is 9.74 Å². The van der Waals surface area contributed by atoms with Crippen LogP contribution in [-0.4, -0.2) is 61.8 Å². The molecule has 1 aromatic heterocycles. The highest BCUT2D eigenvalue weighted by molar-refractivity contribution is 9.10. The van der Waals surface area contributed by atoms with Gasteiger partial charge in [-0.2, -0.15) is 0 Å². The minimum atomic E-state index is -2.78. The number of aromatic nitrogens is 1. The number of nitrogens with zero attached hydrogens (tertiary/aromatic N) is 3. The van der Waals surface area contributed by atoms with Crippen molar-refractivity contribution in [3.8, 4) is 0 Å². The fraction of sp³-hybridized carbons (Fsp3) is 0.625. The first-order chi connectivity index (χ1) is 11.2. The zero-order chi connectivity index (χ0) is 18.2. The van der Waals surface area contributed by atoms with E-state index >= 15 is 0 Å². The molecule has 0 N–H and O–H groups in total. The summed E-state index contributed by atoms with van der Waals surface area (Å²) in [5.74, 6) is 0.272. The van der Waals surface area contributed by atoms with Gasteiger partial charge in [-0.25, -0.2) is 8.42 Å². The van der Waals surface area contributed by atoms with Gasteiger partial charge in [0.25, 0.3) is 0 Å². The number of halogens is 1. The lowest BCUT2D eigenvalue weighted by Gasteiger charge is -2.16. The van der Waals surface area contributed by atoms with Crippen LogP contribution in [0.5, 0.6) is 0 Å². The van der Waals surface area contributed by atoms with Gasteiger partial charge in [0.1, 0.15) is 21.7 Å². The Hall–Kier alpha value is -0.990. The number of sulfone groups is 1. The summed E-state index contributed by atoms with van der Waals surface area (Å²) in [6, 6.07) is 3.89. The van der Waals surface area contributed by atoms with Gasteiger partial charge in [-0.15, -0.1) is 0 Å². The van der Waals surface area contributed by atoms with Crippen LogP contribution in [0.15, 0.2) is 28.0 Å². The number of rotatable bonds is 6. The summed E-state index contributed by atoms with van der Waals surface area (Å²) in [6.07, 6.45) is 4.06. The lowest BCUT2D eigenvalue weighted by Crippen LogP contribution is -2.28. The third-order valence-electron chi connectivity index (χ3n) is 3.52. The third kappa shape index (κ3) is 8.21. The molecule has 0 aliphatic carbocycles. The van der Waals surface area contributed by atoms with Crippen LogP contribution in [0, 0.1) is 0 Å². The van der Waals surface area contributed by atoms with E-state index in [1.807, 2.05) is 32.9 Å². The van der Waals surface area contributed by atoms with Crippen molar-refractivity contribution >= 4 is 31.5 Å². The second kappa shape index (κ2) is 10.1. The highest BCUT2D eigenvalue weighted by Crippen LogP contribution is 2.16. The lowest BCUT2D eigenvalue weighted by atomic mass is 10.1. The summed E-state index contributed by atoms with van der Waals surface area (Å²) in [5, 5.41) is 3.96. The fourth-order valence-corrected chi connectivity index (χ4v) is 2.86. The monoisotopic (exact) mass is 419 g/mol. The molecule has 0 spiro atoms. The fourth-order valence-electron chi connectivity index (χ4n) is 2.03.